The van der Waals surface area contributed by atoms with E-state index >= 15 is 0 Å². The van der Waals surface area contributed by atoms with Crippen molar-refractivity contribution in [2.45, 2.75) is 24.8 Å². The molecule has 0 spiro atoms. The first-order chi connectivity index (χ1) is 9.89. The van der Waals surface area contributed by atoms with Gasteiger partial charge in [0.2, 0.25) is 5.13 Å². The van der Waals surface area contributed by atoms with Crippen LogP contribution in [-0.2, 0) is 23.0 Å². The van der Waals surface area contributed by atoms with Crippen molar-refractivity contribution >= 4 is 26.5 Å². The second-order valence-electron chi connectivity index (χ2n) is 4.00. The van der Waals surface area contributed by atoms with E-state index in [-0.39, 0.29) is 5.13 Å². The number of aryl methyl sites for hydroxylation is 1. The molecule has 0 saturated heterocycles. The molecule has 1 aromatic carbocycles. The van der Waals surface area contributed by atoms with Gasteiger partial charge >= 0.3 is 0 Å². The fraction of sp³-hybridized carbons (Fsp3) is 0.273. The van der Waals surface area contributed by atoms with E-state index < -0.39 is 38.7 Å². The summed E-state index contributed by atoms with van der Waals surface area (Å²) < 4.78 is 53.7. The normalized spacial score (nSPS) is 11.6. The van der Waals surface area contributed by atoms with Crippen molar-refractivity contribution < 1.29 is 17.2 Å². The van der Waals surface area contributed by atoms with Crippen LogP contribution in [0.3, 0.4) is 0 Å². The van der Waals surface area contributed by atoms with Crippen molar-refractivity contribution in [2.24, 2.45) is 5.73 Å². The van der Waals surface area contributed by atoms with Crippen LogP contribution in [0.2, 0.25) is 0 Å². The Labute approximate surface area is 124 Å². The lowest BCUT2D eigenvalue weighted by Crippen LogP contribution is -2.17. The Kier molecular flexibility index (Phi) is 4.49. The minimum atomic E-state index is -4.23. The summed E-state index contributed by atoms with van der Waals surface area (Å²) in [5, 5.41) is 8.05. The number of rotatable bonds is 5. The fourth-order valence-electron chi connectivity index (χ4n) is 1.58. The average molecular weight is 334 g/mol. The minimum absolute atomic E-state index is 0.0184. The van der Waals surface area contributed by atoms with Gasteiger partial charge in [0.25, 0.3) is 10.0 Å². The van der Waals surface area contributed by atoms with E-state index in [0.29, 0.717) is 11.4 Å². The number of benzene rings is 1. The van der Waals surface area contributed by atoms with Crippen molar-refractivity contribution in [1.82, 2.24) is 10.2 Å². The van der Waals surface area contributed by atoms with E-state index in [4.69, 9.17) is 5.73 Å². The third-order valence-corrected chi connectivity index (χ3v) is 5.10. The van der Waals surface area contributed by atoms with Gasteiger partial charge in [0.1, 0.15) is 15.7 Å². The molecule has 2 rings (SSSR count). The largest absolute Gasteiger partial charge is 0.326 e. The number of hydrogen-bond donors (Lipinski definition) is 2. The summed E-state index contributed by atoms with van der Waals surface area (Å²) in [6, 6.07) is 1.70. The molecule has 0 fully saturated rings. The molecule has 0 amide bonds. The van der Waals surface area contributed by atoms with E-state index in [9.17, 15) is 17.2 Å². The molecule has 2 aromatic rings. The first-order valence-corrected chi connectivity index (χ1v) is 8.21. The van der Waals surface area contributed by atoms with Crippen LogP contribution in [0, 0.1) is 11.6 Å². The quantitative estimate of drug-likeness (QED) is 0.866. The summed E-state index contributed by atoms with van der Waals surface area (Å²) >= 11 is 1.04. The summed E-state index contributed by atoms with van der Waals surface area (Å²) in [6.07, 6.45) is 0.599. The lowest BCUT2D eigenvalue weighted by Gasteiger charge is -2.09. The van der Waals surface area contributed by atoms with Gasteiger partial charge in [-0.05, 0) is 18.6 Å². The second kappa shape index (κ2) is 6.00. The Bertz CT molecular complexity index is 762. The Morgan fingerprint density at radius 2 is 2.05 bits per heavy atom. The highest BCUT2D eigenvalue weighted by Gasteiger charge is 2.24. The van der Waals surface area contributed by atoms with Crippen molar-refractivity contribution in [2.75, 3.05) is 4.72 Å². The smallest absolute Gasteiger partial charge is 0.266 e. The molecule has 21 heavy (non-hydrogen) atoms. The molecule has 0 aliphatic carbocycles. The third kappa shape index (κ3) is 3.17. The van der Waals surface area contributed by atoms with Gasteiger partial charge < -0.3 is 5.73 Å². The standard InChI is InChI=1S/C11H12F2N4O2S2/c1-2-9-15-16-11(20-9)17-21(18,19)8-4-3-7(12)6(5-14)10(8)13/h3-4H,2,5,14H2,1H3,(H,16,17). The number of sulfonamides is 1. The first-order valence-electron chi connectivity index (χ1n) is 5.91. The molecular weight excluding hydrogens is 322 g/mol. The van der Waals surface area contributed by atoms with Crippen LogP contribution in [0.5, 0.6) is 0 Å². The summed E-state index contributed by atoms with van der Waals surface area (Å²) in [5.74, 6) is -2.09. The molecule has 114 valence electrons. The van der Waals surface area contributed by atoms with Gasteiger partial charge in [-0.3, -0.25) is 4.72 Å². The molecule has 0 atom stereocenters. The molecule has 0 unspecified atom stereocenters. The molecule has 0 saturated carbocycles. The molecule has 0 aliphatic heterocycles. The van der Waals surface area contributed by atoms with Crippen molar-refractivity contribution in [3.63, 3.8) is 0 Å². The molecule has 0 bridgehead atoms. The average Bonchev–Trinajstić information content (AvgIpc) is 2.85. The topological polar surface area (TPSA) is 98.0 Å². The van der Waals surface area contributed by atoms with Gasteiger partial charge in [-0.1, -0.05) is 18.3 Å². The third-order valence-electron chi connectivity index (χ3n) is 2.64. The van der Waals surface area contributed by atoms with E-state index in [2.05, 4.69) is 14.9 Å². The molecule has 6 nitrogen and oxygen atoms in total. The maximum absolute atomic E-state index is 14.0. The fourth-order valence-corrected chi connectivity index (χ4v) is 3.59. The number of nitrogens with one attached hydrogen (secondary N) is 1. The van der Waals surface area contributed by atoms with E-state index in [1.807, 2.05) is 6.92 Å². The molecular formula is C11H12F2N4O2S2. The van der Waals surface area contributed by atoms with E-state index in [1.165, 1.54) is 0 Å². The van der Waals surface area contributed by atoms with Crippen LogP contribution >= 0.6 is 11.3 Å². The van der Waals surface area contributed by atoms with Crippen LogP contribution in [0.4, 0.5) is 13.9 Å². The van der Waals surface area contributed by atoms with Crippen LogP contribution in [-0.4, -0.2) is 18.6 Å². The van der Waals surface area contributed by atoms with Gasteiger partial charge in [0.15, 0.2) is 5.82 Å². The van der Waals surface area contributed by atoms with Gasteiger partial charge in [0.05, 0.1) is 0 Å². The Balaban J connectivity index is 2.40. The molecule has 0 aliphatic rings. The Morgan fingerprint density at radius 1 is 1.33 bits per heavy atom. The molecule has 1 aromatic heterocycles. The van der Waals surface area contributed by atoms with Crippen LogP contribution < -0.4 is 10.5 Å². The number of aromatic nitrogens is 2. The monoisotopic (exact) mass is 334 g/mol. The molecule has 0 radical (unpaired) electrons. The van der Waals surface area contributed by atoms with Gasteiger partial charge in [-0.15, -0.1) is 10.2 Å². The van der Waals surface area contributed by atoms with Gasteiger partial charge in [0, 0.05) is 12.1 Å². The van der Waals surface area contributed by atoms with Crippen molar-refractivity contribution in [3.05, 3.63) is 34.3 Å². The Morgan fingerprint density at radius 3 is 2.62 bits per heavy atom. The zero-order valence-electron chi connectivity index (χ0n) is 10.9. The minimum Gasteiger partial charge on any atom is -0.326 e. The van der Waals surface area contributed by atoms with Crippen molar-refractivity contribution in [1.29, 1.82) is 0 Å². The maximum Gasteiger partial charge on any atom is 0.266 e. The summed E-state index contributed by atoms with van der Waals surface area (Å²) in [6.45, 7) is 1.39. The molecule has 10 heteroatoms. The maximum atomic E-state index is 14.0. The number of hydrogen-bond acceptors (Lipinski definition) is 6. The lowest BCUT2D eigenvalue weighted by atomic mass is 10.2. The van der Waals surface area contributed by atoms with E-state index in [0.717, 1.165) is 23.5 Å². The van der Waals surface area contributed by atoms with E-state index in [1.54, 1.807) is 0 Å². The summed E-state index contributed by atoms with van der Waals surface area (Å²) in [5.41, 5.74) is 4.74. The molecule has 3 N–H and O–H groups in total. The number of anilines is 1. The number of nitrogens with two attached hydrogens (primary N) is 1. The second-order valence-corrected chi connectivity index (χ2v) is 6.72. The number of halogens is 2. The van der Waals surface area contributed by atoms with Crippen LogP contribution in [0.1, 0.15) is 17.5 Å². The number of nitrogens with zero attached hydrogens (tertiary/aromatic N) is 2. The zero-order chi connectivity index (χ0) is 15.6. The SMILES string of the molecule is CCc1nnc(NS(=O)(=O)c2ccc(F)c(CN)c2F)s1. The van der Waals surface area contributed by atoms with Crippen LogP contribution in [0.25, 0.3) is 0 Å². The highest BCUT2D eigenvalue weighted by atomic mass is 32.2. The first kappa shape index (κ1) is 15.7. The van der Waals surface area contributed by atoms with Gasteiger partial charge in [-0.2, -0.15) is 0 Å². The van der Waals surface area contributed by atoms with Gasteiger partial charge in [-0.25, -0.2) is 17.2 Å². The zero-order valence-corrected chi connectivity index (χ0v) is 12.6. The lowest BCUT2D eigenvalue weighted by molar-refractivity contribution is 0.530. The predicted molar refractivity (Wildman–Crippen MR) is 74.3 cm³/mol. The van der Waals surface area contributed by atoms with Crippen LogP contribution in [0.15, 0.2) is 17.0 Å². The Hall–Kier alpha value is -1.65. The molecule has 1 heterocycles. The van der Waals surface area contributed by atoms with Crippen molar-refractivity contribution in [3.8, 4) is 0 Å². The summed E-state index contributed by atoms with van der Waals surface area (Å²) in [4.78, 5) is -0.683. The summed E-state index contributed by atoms with van der Waals surface area (Å²) in [7, 11) is -4.23. The predicted octanol–water partition coefficient (Wildman–Crippen LogP) is 1.64. The highest BCUT2D eigenvalue weighted by molar-refractivity contribution is 7.93. The highest BCUT2D eigenvalue weighted by Crippen LogP contribution is 2.24.